The number of hydrogen-bond acceptors (Lipinski definition) is 1. The van der Waals surface area contributed by atoms with Crippen LogP contribution in [-0.2, 0) is 15.7 Å². The fraction of sp³-hybridized carbons (Fsp3) is 0.750. The molecule has 0 spiro atoms. The molecule has 0 heterocycles. The number of rotatable bonds is 1. The molecule has 1 aliphatic rings. The van der Waals surface area contributed by atoms with Gasteiger partial charge in [-0.15, -0.1) is 0 Å². The summed E-state index contributed by atoms with van der Waals surface area (Å²) in [4.78, 5) is 11.2. The van der Waals surface area contributed by atoms with Crippen LogP contribution in [0.5, 0.6) is 0 Å². The number of Topliss-reactive ketones (excluding diaryl/α,β-unsaturated/α-hetero) is 1. The maximum atomic E-state index is 11.2. The Morgan fingerprint density at radius 2 is 2.30 bits per heavy atom. The van der Waals surface area contributed by atoms with Crippen LogP contribution in [0.3, 0.4) is 0 Å². The van der Waals surface area contributed by atoms with Crippen molar-refractivity contribution in [1.29, 1.82) is 0 Å². The van der Waals surface area contributed by atoms with Gasteiger partial charge in [0.05, 0.1) is 17.8 Å². The lowest BCUT2D eigenvalue weighted by molar-refractivity contribution is -0.118. The number of ketones is 1. The fourth-order valence-electron chi connectivity index (χ4n) is 1.27. The minimum Gasteiger partial charge on any atom is -0.297 e. The molecule has 0 aliphatic heterocycles. The minimum atomic E-state index is 0.263. The summed E-state index contributed by atoms with van der Waals surface area (Å²) in [5.41, 5.74) is 0. The van der Waals surface area contributed by atoms with Crippen molar-refractivity contribution >= 4 is 16.7 Å². The Morgan fingerprint density at radius 1 is 1.60 bits per heavy atom. The maximum absolute atomic E-state index is 11.2. The van der Waals surface area contributed by atoms with Gasteiger partial charge in [-0.05, 0) is 10.9 Å². The molecule has 0 saturated heterocycles. The highest BCUT2D eigenvalue weighted by molar-refractivity contribution is 7.96. The van der Waals surface area contributed by atoms with E-state index in [-0.39, 0.29) is 16.1 Å². The van der Waals surface area contributed by atoms with Gasteiger partial charge in [0.2, 0.25) is 0 Å². The highest BCUT2D eigenvalue weighted by Gasteiger charge is 2.23. The standard InChI is InChI=1S/C8H14OS/c1-10(2)8-6-4-3-5-7(8)9/h6,8H,3-5H2,1-2H3. The Labute approximate surface area is 65.5 Å². The van der Waals surface area contributed by atoms with Crippen LogP contribution in [0.15, 0.2) is 0 Å². The lowest BCUT2D eigenvalue weighted by Crippen LogP contribution is -2.32. The summed E-state index contributed by atoms with van der Waals surface area (Å²) in [6.07, 6.45) is 9.50. The Balaban J connectivity index is 2.48. The fourth-order valence-corrected chi connectivity index (χ4v) is 2.44. The third-order valence-electron chi connectivity index (χ3n) is 1.83. The summed E-state index contributed by atoms with van der Waals surface area (Å²) in [6, 6.07) is 0. The highest BCUT2D eigenvalue weighted by Crippen LogP contribution is 2.19. The molecule has 0 N–H and O–H groups in total. The van der Waals surface area contributed by atoms with Crippen molar-refractivity contribution in [3.05, 3.63) is 6.42 Å². The first-order chi connectivity index (χ1) is 4.72. The lowest BCUT2D eigenvalue weighted by Gasteiger charge is -2.25. The van der Waals surface area contributed by atoms with E-state index in [1.807, 2.05) is 0 Å². The molecule has 0 aromatic rings. The van der Waals surface area contributed by atoms with Crippen molar-refractivity contribution in [1.82, 2.24) is 0 Å². The van der Waals surface area contributed by atoms with E-state index >= 15 is 0 Å². The minimum absolute atomic E-state index is 0.263. The quantitative estimate of drug-likeness (QED) is 0.414. The van der Waals surface area contributed by atoms with Gasteiger partial charge >= 0.3 is 0 Å². The van der Waals surface area contributed by atoms with E-state index in [1.165, 1.54) is 0 Å². The van der Waals surface area contributed by atoms with Crippen molar-refractivity contribution in [3.63, 3.8) is 0 Å². The normalized spacial score (nSPS) is 27.5. The van der Waals surface area contributed by atoms with E-state index in [4.69, 9.17) is 0 Å². The van der Waals surface area contributed by atoms with Crippen LogP contribution in [0.4, 0.5) is 0 Å². The number of carbonyl (C=O) groups excluding carboxylic acids is 1. The van der Waals surface area contributed by atoms with Crippen molar-refractivity contribution < 1.29 is 4.79 Å². The van der Waals surface area contributed by atoms with E-state index in [0.29, 0.717) is 5.78 Å². The van der Waals surface area contributed by atoms with Crippen LogP contribution < -0.4 is 0 Å². The van der Waals surface area contributed by atoms with Gasteiger partial charge in [0, 0.05) is 6.42 Å². The van der Waals surface area contributed by atoms with Crippen molar-refractivity contribution in [2.45, 2.75) is 24.5 Å². The van der Waals surface area contributed by atoms with E-state index in [2.05, 4.69) is 18.9 Å². The smallest absolute Gasteiger partial charge is 0.153 e. The van der Waals surface area contributed by atoms with Gasteiger partial charge in [0.1, 0.15) is 0 Å². The molecule has 1 nitrogen and oxygen atoms in total. The summed E-state index contributed by atoms with van der Waals surface area (Å²) in [6.45, 7) is 0. The Morgan fingerprint density at radius 3 is 2.70 bits per heavy atom. The predicted molar refractivity (Wildman–Crippen MR) is 46.2 cm³/mol. The molecule has 1 aliphatic carbocycles. The average Bonchev–Trinajstić information content (AvgIpc) is 1.88. The largest absolute Gasteiger partial charge is 0.297 e. The summed E-state index contributed by atoms with van der Waals surface area (Å²) in [5, 5.41) is 0.286. The average molecular weight is 158 g/mol. The van der Waals surface area contributed by atoms with E-state index < -0.39 is 0 Å². The topological polar surface area (TPSA) is 17.1 Å². The number of hydrogen-bond donors (Lipinski definition) is 0. The molecule has 1 atom stereocenters. The molecule has 1 saturated carbocycles. The second kappa shape index (κ2) is 3.42. The van der Waals surface area contributed by atoms with Crippen LogP contribution in [0.1, 0.15) is 19.3 Å². The monoisotopic (exact) mass is 158 g/mol. The second-order valence-electron chi connectivity index (χ2n) is 2.89. The first kappa shape index (κ1) is 8.12. The Kier molecular flexibility index (Phi) is 2.78. The first-order valence-electron chi connectivity index (χ1n) is 3.64. The van der Waals surface area contributed by atoms with Gasteiger partial charge in [-0.3, -0.25) is 11.2 Å². The molecule has 1 fully saturated rings. The van der Waals surface area contributed by atoms with Crippen molar-refractivity contribution in [3.8, 4) is 0 Å². The number of carbonyl (C=O) groups is 1. The molecular weight excluding hydrogens is 144 g/mol. The van der Waals surface area contributed by atoms with Gasteiger partial charge in [0.15, 0.2) is 5.78 Å². The first-order valence-corrected chi connectivity index (χ1v) is 5.74. The zero-order valence-electron chi connectivity index (χ0n) is 6.59. The summed E-state index contributed by atoms with van der Waals surface area (Å²) < 4.78 is 0. The van der Waals surface area contributed by atoms with E-state index in [0.717, 1.165) is 19.3 Å². The van der Waals surface area contributed by atoms with Gasteiger partial charge < -0.3 is 0 Å². The van der Waals surface area contributed by atoms with Gasteiger partial charge in [-0.25, -0.2) is 0 Å². The van der Waals surface area contributed by atoms with Gasteiger partial charge in [-0.2, -0.15) is 6.42 Å². The SMILES string of the molecule is C[S+](C)C1[CH-]CCCC1=O. The molecule has 1 rings (SSSR count). The Bertz CT molecular complexity index is 131. The zero-order chi connectivity index (χ0) is 7.56. The third-order valence-corrected chi connectivity index (χ3v) is 3.30. The molecule has 2 heteroatoms. The summed E-state index contributed by atoms with van der Waals surface area (Å²) in [7, 11) is 0.263. The van der Waals surface area contributed by atoms with Crippen LogP contribution in [0, 0.1) is 6.42 Å². The summed E-state index contributed by atoms with van der Waals surface area (Å²) in [5.74, 6) is 0.458. The van der Waals surface area contributed by atoms with E-state index in [1.54, 1.807) is 0 Å². The zero-order valence-corrected chi connectivity index (χ0v) is 7.41. The molecule has 0 radical (unpaired) electrons. The van der Waals surface area contributed by atoms with Gasteiger partial charge in [0.25, 0.3) is 0 Å². The molecule has 0 aromatic carbocycles. The van der Waals surface area contributed by atoms with Crippen molar-refractivity contribution in [2.75, 3.05) is 12.5 Å². The predicted octanol–water partition coefficient (Wildman–Crippen LogP) is 1.19. The maximum Gasteiger partial charge on any atom is 0.153 e. The third kappa shape index (κ3) is 1.75. The molecule has 58 valence electrons. The lowest BCUT2D eigenvalue weighted by atomic mass is 9.99. The summed E-state index contributed by atoms with van der Waals surface area (Å²) >= 11 is 0. The molecule has 10 heavy (non-hydrogen) atoms. The van der Waals surface area contributed by atoms with Crippen LogP contribution >= 0.6 is 0 Å². The van der Waals surface area contributed by atoms with Gasteiger partial charge in [-0.1, -0.05) is 6.42 Å². The molecular formula is C8H14OS. The molecule has 0 bridgehead atoms. The highest BCUT2D eigenvalue weighted by atomic mass is 32.2. The van der Waals surface area contributed by atoms with Crippen LogP contribution in [-0.4, -0.2) is 23.5 Å². The van der Waals surface area contributed by atoms with Crippen LogP contribution in [0.2, 0.25) is 0 Å². The molecule has 0 aromatic heterocycles. The van der Waals surface area contributed by atoms with Crippen molar-refractivity contribution in [2.24, 2.45) is 0 Å². The van der Waals surface area contributed by atoms with E-state index in [9.17, 15) is 4.79 Å². The molecule has 0 amide bonds. The van der Waals surface area contributed by atoms with Crippen LogP contribution in [0.25, 0.3) is 0 Å². The Hall–Kier alpha value is 0.0200. The molecule has 1 unspecified atom stereocenters. The second-order valence-corrected chi connectivity index (χ2v) is 5.16.